The summed E-state index contributed by atoms with van der Waals surface area (Å²) in [6, 6.07) is 7.67. The first-order chi connectivity index (χ1) is 8.74. The summed E-state index contributed by atoms with van der Waals surface area (Å²) in [4.78, 5) is 15.0. The third kappa shape index (κ3) is 1.89. The van der Waals surface area contributed by atoms with Crippen molar-refractivity contribution in [3.05, 3.63) is 41.4 Å². The Morgan fingerprint density at radius 2 is 2.06 bits per heavy atom. The molecule has 3 aromatic rings. The van der Waals surface area contributed by atoms with Gasteiger partial charge in [0.1, 0.15) is 11.3 Å². The second kappa shape index (κ2) is 4.27. The Kier molecular flexibility index (Phi) is 2.60. The van der Waals surface area contributed by atoms with Crippen LogP contribution in [-0.4, -0.2) is 19.9 Å². The summed E-state index contributed by atoms with van der Waals surface area (Å²) in [6.07, 6.45) is 1.53. The number of nitrogens with one attached hydrogen (secondary N) is 1. The molecule has 1 aromatic carbocycles. The third-order valence-corrected chi connectivity index (χ3v) is 2.69. The molecule has 0 spiro atoms. The molecule has 0 unspecified atom stereocenters. The molecule has 0 bridgehead atoms. The number of aryl methyl sites for hydroxylation is 1. The van der Waals surface area contributed by atoms with Crippen LogP contribution in [0.3, 0.4) is 0 Å². The molecule has 0 aliphatic rings. The van der Waals surface area contributed by atoms with Crippen LogP contribution >= 0.6 is 11.6 Å². The number of imidazole rings is 1. The van der Waals surface area contributed by atoms with Crippen molar-refractivity contribution in [2.24, 2.45) is 0 Å². The van der Waals surface area contributed by atoms with E-state index in [1.54, 1.807) is 0 Å². The molecule has 2 heterocycles. The molecule has 6 heteroatoms. The summed E-state index contributed by atoms with van der Waals surface area (Å²) in [5, 5.41) is 0.109. The number of aromatic nitrogens is 4. The fourth-order valence-electron chi connectivity index (χ4n) is 1.63. The van der Waals surface area contributed by atoms with E-state index < -0.39 is 0 Å². The number of nitrogens with zero attached hydrogens (tertiary/aromatic N) is 3. The van der Waals surface area contributed by atoms with Gasteiger partial charge in [-0.1, -0.05) is 18.2 Å². The average Bonchev–Trinajstić information content (AvgIpc) is 2.80. The van der Waals surface area contributed by atoms with Crippen LogP contribution < -0.4 is 4.74 Å². The van der Waals surface area contributed by atoms with Crippen LogP contribution in [0.2, 0.25) is 5.28 Å². The fraction of sp³-hybridized carbons (Fsp3) is 0.0833. The average molecular weight is 261 g/mol. The zero-order chi connectivity index (χ0) is 12.5. The Morgan fingerprint density at radius 3 is 2.89 bits per heavy atom. The van der Waals surface area contributed by atoms with Crippen molar-refractivity contribution in [3.63, 3.8) is 0 Å². The first-order valence-electron chi connectivity index (χ1n) is 5.34. The molecule has 0 fully saturated rings. The molecule has 0 radical (unpaired) electrons. The van der Waals surface area contributed by atoms with E-state index in [1.807, 2.05) is 31.2 Å². The maximum atomic E-state index is 5.83. The minimum Gasteiger partial charge on any atom is -0.437 e. The van der Waals surface area contributed by atoms with Crippen LogP contribution in [0.25, 0.3) is 11.2 Å². The van der Waals surface area contributed by atoms with Gasteiger partial charge in [-0.05, 0) is 30.2 Å². The number of rotatable bonds is 2. The first-order valence-corrected chi connectivity index (χ1v) is 5.72. The lowest BCUT2D eigenvalue weighted by Gasteiger charge is -2.07. The van der Waals surface area contributed by atoms with Gasteiger partial charge in [-0.3, -0.25) is 0 Å². The Labute approximate surface area is 108 Å². The second-order valence-electron chi connectivity index (χ2n) is 3.77. The van der Waals surface area contributed by atoms with Gasteiger partial charge in [0.05, 0.1) is 6.33 Å². The van der Waals surface area contributed by atoms with E-state index in [0.717, 1.165) is 11.3 Å². The molecule has 90 valence electrons. The van der Waals surface area contributed by atoms with Crippen LogP contribution in [0, 0.1) is 6.92 Å². The quantitative estimate of drug-likeness (QED) is 0.719. The summed E-state index contributed by atoms with van der Waals surface area (Å²) >= 11 is 5.83. The highest BCUT2D eigenvalue weighted by atomic mass is 35.5. The van der Waals surface area contributed by atoms with Gasteiger partial charge in [0.2, 0.25) is 11.2 Å². The van der Waals surface area contributed by atoms with Crippen molar-refractivity contribution in [1.29, 1.82) is 0 Å². The number of hydrogen-bond donors (Lipinski definition) is 1. The molecule has 3 rings (SSSR count). The lowest BCUT2D eigenvalue weighted by atomic mass is 10.2. The van der Waals surface area contributed by atoms with Gasteiger partial charge in [-0.15, -0.1) is 0 Å². The van der Waals surface area contributed by atoms with E-state index in [2.05, 4.69) is 19.9 Å². The monoisotopic (exact) mass is 260 g/mol. The fourth-order valence-corrected chi connectivity index (χ4v) is 1.79. The standard InChI is InChI=1S/C12H9ClN4O/c1-7-4-2-3-5-8(7)18-11-9-10(15-6-14-9)16-12(13)17-11/h2-6H,1H3,(H,14,15,16,17). The van der Waals surface area contributed by atoms with E-state index >= 15 is 0 Å². The molecule has 0 amide bonds. The van der Waals surface area contributed by atoms with Crippen LogP contribution in [0.5, 0.6) is 11.6 Å². The number of fused-ring (bicyclic) bond motifs is 1. The van der Waals surface area contributed by atoms with Gasteiger partial charge in [0.15, 0.2) is 5.65 Å². The zero-order valence-electron chi connectivity index (χ0n) is 9.51. The minimum atomic E-state index is 0.109. The lowest BCUT2D eigenvalue weighted by Crippen LogP contribution is -1.94. The minimum absolute atomic E-state index is 0.109. The molecule has 0 aliphatic heterocycles. The summed E-state index contributed by atoms with van der Waals surface area (Å²) < 4.78 is 5.75. The number of aromatic amines is 1. The van der Waals surface area contributed by atoms with E-state index in [9.17, 15) is 0 Å². The van der Waals surface area contributed by atoms with Gasteiger partial charge in [0, 0.05) is 0 Å². The summed E-state index contributed by atoms with van der Waals surface area (Å²) in [5.74, 6) is 1.10. The second-order valence-corrected chi connectivity index (χ2v) is 4.10. The van der Waals surface area contributed by atoms with Crippen molar-refractivity contribution >= 4 is 22.8 Å². The van der Waals surface area contributed by atoms with Gasteiger partial charge in [0.25, 0.3) is 0 Å². The van der Waals surface area contributed by atoms with Crippen LogP contribution in [-0.2, 0) is 0 Å². The maximum Gasteiger partial charge on any atom is 0.250 e. The van der Waals surface area contributed by atoms with Crippen LogP contribution in [0.15, 0.2) is 30.6 Å². The number of benzene rings is 1. The maximum absolute atomic E-state index is 5.83. The number of para-hydroxylation sites is 1. The highest BCUT2D eigenvalue weighted by Gasteiger charge is 2.11. The highest BCUT2D eigenvalue weighted by Crippen LogP contribution is 2.28. The van der Waals surface area contributed by atoms with E-state index in [4.69, 9.17) is 16.3 Å². The number of H-pyrrole nitrogens is 1. The first kappa shape index (κ1) is 11.0. The highest BCUT2D eigenvalue weighted by molar-refractivity contribution is 6.28. The molecule has 0 atom stereocenters. The van der Waals surface area contributed by atoms with Crippen LogP contribution in [0.4, 0.5) is 0 Å². The zero-order valence-corrected chi connectivity index (χ0v) is 10.3. The summed E-state index contributed by atoms with van der Waals surface area (Å²) in [7, 11) is 0. The van der Waals surface area contributed by atoms with Crippen LogP contribution in [0.1, 0.15) is 5.56 Å². The molecule has 2 aromatic heterocycles. The largest absolute Gasteiger partial charge is 0.437 e. The van der Waals surface area contributed by atoms with Crippen molar-refractivity contribution in [1.82, 2.24) is 19.9 Å². The van der Waals surface area contributed by atoms with Crippen molar-refractivity contribution in [2.45, 2.75) is 6.92 Å². The molecule has 0 saturated carbocycles. The van der Waals surface area contributed by atoms with E-state index in [-0.39, 0.29) is 5.28 Å². The Hall–Kier alpha value is -2.14. The summed E-state index contributed by atoms with van der Waals surface area (Å²) in [5.41, 5.74) is 2.13. The molecule has 5 nitrogen and oxygen atoms in total. The van der Waals surface area contributed by atoms with Crippen molar-refractivity contribution in [2.75, 3.05) is 0 Å². The topological polar surface area (TPSA) is 63.7 Å². The SMILES string of the molecule is Cc1ccccc1Oc1nc(Cl)nc2nc[nH]c12. The Bertz CT molecular complexity index is 710. The third-order valence-electron chi connectivity index (χ3n) is 2.53. The molecule has 18 heavy (non-hydrogen) atoms. The summed E-state index contributed by atoms with van der Waals surface area (Å²) in [6.45, 7) is 1.96. The van der Waals surface area contributed by atoms with Crippen molar-refractivity contribution < 1.29 is 4.74 Å². The van der Waals surface area contributed by atoms with Crippen molar-refractivity contribution in [3.8, 4) is 11.6 Å². The Balaban J connectivity index is 2.10. The molecular formula is C12H9ClN4O. The number of ether oxygens (including phenoxy) is 1. The predicted molar refractivity (Wildman–Crippen MR) is 67.9 cm³/mol. The van der Waals surface area contributed by atoms with E-state index in [0.29, 0.717) is 17.0 Å². The van der Waals surface area contributed by atoms with E-state index in [1.165, 1.54) is 6.33 Å². The molecule has 0 saturated heterocycles. The molecule has 1 N–H and O–H groups in total. The van der Waals surface area contributed by atoms with Gasteiger partial charge in [-0.2, -0.15) is 9.97 Å². The smallest absolute Gasteiger partial charge is 0.250 e. The normalized spacial score (nSPS) is 10.8. The molecule has 0 aliphatic carbocycles. The number of halogens is 1. The van der Waals surface area contributed by atoms with Gasteiger partial charge >= 0.3 is 0 Å². The predicted octanol–water partition coefficient (Wildman–Crippen LogP) is 3.11. The Morgan fingerprint density at radius 1 is 1.22 bits per heavy atom. The molecular weight excluding hydrogens is 252 g/mol. The lowest BCUT2D eigenvalue weighted by molar-refractivity contribution is 0.463. The van der Waals surface area contributed by atoms with Gasteiger partial charge < -0.3 is 9.72 Å². The van der Waals surface area contributed by atoms with Gasteiger partial charge in [-0.25, -0.2) is 4.98 Å². The number of hydrogen-bond acceptors (Lipinski definition) is 4.